The van der Waals surface area contributed by atoms with Crippen molar-refractivity contribution in [2.45, 2.75) is 25.8 Å². The van der Waals surface area contributed by atoms with Crippen LogP contribution in [-0.4, -0.2) is 13.2 Å². The molecule has 1 fully saturated rings. The van der Waals surface area contributed by atoms with Crippen LogP contribution < -0.4 is 5.73 Å². The Labute approximate surface area is 102 Å². The molecule has 88 valence electrons. The van der Waals surface area contributed by atoms with E-state index in [2.05, 4.69) is 13.0 Å². The summed E-state index contributed by atoms with van der Waals surface area (Å²) < 4.78 is 5.36. The maximum absolute atomic E-state index is 6.32. The Kier molecular flexibility index (Phi) is 3.85. The molecule has 1 aromatic carbocycles. The SMILES string of the molecule is Cc1cc(Cl)ccc1[C@@H](N)C1CCOCC1. The predicted octanol–water partition coefficient (Wildman–Crippen LogP) is 3.07. The van der Waals surface area contributed by atoms with Crippen LogP contribution in [0.3, 0.4) is 0 Å². The van der Waals surface area contributed by atoms with Crippen molar-refractivity contribution in [3.63, 3.8) is 0 Å². The standard InChI is InChI=1S/C13H18ClNO/c1-9-8-11(14)2-3-12(9)13(15)10-4-6-16-7-5-10/h2-3,8,10,13H,4-7,15H2,1H3/t13-/m0/s1. The van der Waals surface area contributed by atoms with E-state index in [1.165, 1.54) is 11.1 Å². The van der Waals surface area contributed by atoms with E-state index in [-0.39, 0.29) is 6.04 Å². The minimum Gasteiger partial charge on any atom is -0.381 e. The highest BCUT2D eigenvalue weighted by Crippen LogP contribution is 2.30. The van der Waals surface area contributed by atoms with Crippen molar-refractivity contribution < 1.29 is 4.74 Å². The molecule has 2 rings (SSSR count). The molecule has 16 heavy (non-hydrogen) atoms. The molecule has 1 heterocycles. The highest BCUT2D eigenvalue weighted by molar-refractivity contribution is 6.30. The molecule has 3 heteroatoms. The average Bonchev–Trinajstić information content (AvgIpc) is 2.29. The monoisotopic (exact) mass is 239 g/mol. The quantitative estimate of drug-likeness (QED) is 0.861. The number of hydrogen-bond acceptors (Lipinski definition) is 2. The maximum Gasteiger partial charge on any atom is 0.0469 e. The third kappa shape index (κ3) is 2.57. The molecular weight excluding hydrogens is 222 g/mol. The molecule has 0 bridgehead atoms. The number of halogens is 1. The van der Waals surface area contributed by atoms with Crippen LogP contribution in [-0.2, 0) is 4.74 Å². The average molecular weight is 240 g/mol. The van der Waals surface area contributed by atoms with Crippen molar-refractivity contribution in [3.8, 4) is 0 Å². The van der Waals surface area contributed by atoms with E-state index in [9.17, 15) is 0 Å². The molecule has 0 aliphatic carbocycles. The van der Waals surface area contributed by atoms with Gasteiger partial charge in [0, 0.05) is 24.3 Å². The van der Waals surface area contributed by atoms with Crippen LogP contribution in [0.15, 0.2) is 18.2 Å². The van der Waals surface area contributed by atoms with Crippen LogP contribution in [0, 0.1) is 12.8 Å². The molecule has 0 unspecified atom stereocenters. The van der Waals surface area contributed by atoms with E-state index in [4.69, 9.17) is 22.1 Å². The summed E-state index contributed by atoms with van der Waals surface area (Å²) in [7, 11) is 0. The molecule has 1 aromatic rings. The lowest BCUT2D eigenvalue weighted by atomic mass is 9.86. The molecule has 1 atom stereocenters. The Morgan fingerprint density at radius 1 is 1.38 bits per heavy atom. The van der Waals surface area contributed by atoms with Crippen molar-refractivity contribution in [2.75, 3.05) is 13.2 Å². The smallest absolute Gasteiger partial charge is 0.0469 e. The predicted molar refractivity (Wildman–Crippen MR) is 66.7 cm³/mol. The van der Waals surface area contributed by atoms with Gasteiger partial charge in [-0.05, 0) is 48.9 Å². The Balaban J connectivity index is 2.15. The Bertz CT molecular complexity index is 361. The molecular formula is C13H18ClNO. The first kappa shape index (κ1) is 11.9. The van der Waals surface area contributed by atoms with E-state index in [0.717, 1.165) is 31.1 Å². The van der Waals surface area contributed by atoms with Gasteiger partial charge < -0.3 is 10.5 Å². The highest BCUT2D eigenvalue weighted by atomic mass is 35.5. The van der Waals surface area contributed by atoms with Crippen molar-refractivity contribution in [2.24, 2.45) is 11.7 Å². The summed E-state index contributed by atoms with van der Waals surface area (Å²) in [5.41, 5.74) is 8.73. The van der Waals surface area contributed by atoms with Crippen LogP contribution >= 0.6 is 11.6 Å². The van der Waals surface area contributed by atoms with Gasteiger partial charge in [0.1, 0.15) is 0 Å². The van der Waals surface area contributed by atoms with Crippen LogP contribution in [0.1, 0.15) is 30.0 Å². The fourth-order valence-electron chi connectivity index (χ4n) is 2.34. The van der Waals surface area contributed by atoms with E-state index in [1.807, 2.05) is 12.1 Å². The van der Waals surface area contributed by atoms with Crippen molar-refractivity contribution in [1.29, 1.82) is 0 Å². The van der Waals surface area contributed by atoms with Gasteiger partial charge >= 0.3 is 0 Å². The number of ether oxygens (including phenoxy) is 1. The summed E-state index contributed by atoms with van der Waals surface area (Å²) in [6.45, 7) is 3.75. The fraction of sp³-hybridized carbons (Fsp3) is 0.538. The first-order valence-corrected chi connectivity index (χ1v) is 6.15. The van der Waals surface area contributed by atoms with Gasteiger partial charge in [-0.2, -0.15) is 0 Å². The summed E-state index contributed by atoms with van der Waals surface area (Å²) in [5.74, 6) is 0.536. The summed E-state index contributed by atoms with van der Waals surface area (Å²) in [4.78, 5) is 0. The first-order chi connectivity index (χ1) is 7.68. The normalized spacial score (nSPS) is 19.7. The van der Waals surface area contributed by atoms with Gasteiger partial charge in [0.25, 0.3) is 0 Å². The van der Waals surface area contributed by atoms with E-state index in [0.29, 0.717) is 5.92 Å². The van der Waals surface area contributed by atoms with Gasteiger partial charge in [0.15, 0.2) is 0 Å². The Morgan fingerprint density at radius 2 is 2.06 bits per heavy atom. The van der Waals surface area contributed by atoms with Gasteiger partial charge in [-0.3, -0.25) is 0 Å². The number of rotatable bonds is 2. The highest BCUT2D eigenvalue weighted by Gasteiger charge is 2.23. The summed E-state index contributed by atoms with van der Waals surface area (Å²) in [6, 6.07) is 6.07. The molecule has 2 N–H and O–H groups in total. The summed E-state index contributed by atoms with van der Waals surface area (Å²) in [6.07, 6.45) is 2.12. The van der Waals surface area contributed by atoms with E-state index in [1.54, 1.807) is 0 Å². The van der Waals surface area contributed by atoms with Gasteiger partial charge in [-0.1, -0.05) is 17.7 Å². The van der Waals surface area contributed by atoms with Gasteiger partial charge in [0.2, 0.25) is 0 Å². The minimum absolute atomic E-state index is 0.112. The molecule has 0 aromatic heterocycles. The summed E-state index contributed by atoms with van der Waals surface area (Å²) in [5, 5.41) is 0.778. The second-order valence-corrected chi connectivity index (χ2v) is 4.91. The first-order valence-electron chi connectivity index (χ1n) is 5.78. The van der Waals surface area contributed by atoms with Crippen LogP contribution in [0.25, 0.3) is 0 Å². The maximum atomic E-state index is 6.32. The topological polar surface area (TPSA) is 35.2 Å². The fourth-order valence-corrected chi connectivity index (χ4v) is 2.57. The Hall–Kier alpha value is -0.570. The molecule has 0 radical (unpaired) electrons. The van der Waals surface area contributed by atoms with Crippen LogP contribution in [0.2, 0.25) is 5.02 Å². The minimum atomic E-state index is 0.112. The van der Waals surface area contributed by atoms with Crippen LogP contribution in [0.5, 0.6) is 0 Å². The lowest BCUT2D eigenvalue weighted by molar-refractivity contribution is 0.0583. The van der Waals surface area contributed by atoms with E-state index < -0.39 is 0 Å². The lowest BCUT2D eigenvalue weighted by Gasteiger charge is -2.28. The molecule has 1 aliphatic heterocycles. The molecule has 2 nitrogen and oxygen atoms in total. The number of nitrogens with two attached hydrogens (primary N) is 1. The molecule has 1 saturated heterocycles. The van der Waals surface area contributed by atoms with Crippen molar-refractivity contribution >= 4 is 11.6 Å². The molecule has 1 aliphatic rings. The van der Waals surface area contributed by atoms with Gasteiger partial charge in [-0.15, -0.1) is 0 Å². The number of hydrogen-bond donors (Lipinski definition) is 1. The molecule has 0 spiro atoms. The Morgan fingerprint density at radius 3 is 2.69 bits per heavy atom. The lowest BCUT2D eigenvalue weighted by Crippen LogP contribution is -2.27. The number of aryl methyl sites for hydroxylation is 1. The van der Waals surface area contributed by atoms with Crippen molar-refractivity contribution in [3.05, 3.63) is 34.3 Å². The van der Waals surface area contributed by atoms with Crippen LogP contribution in [0.4, 0.5) is 0 Å². The zero-order valence-corrected chi connectivity index (χ0v) is 10.3. The van der Waals surface area contributed by atoms with Gasteiger partial charge in [0.05, 0.1) is 0 Å². The second-order valence-electron chi connectivity index (χ2n) is 4.48. The van der Waals surface area contributed by atoms with Gasteiger partial charge in [-0.25, -0.2) is 0 Å². The largest absolute Gasteiger partial charge is 0.381 e. The zero-order valence-electron chi connectivity index (χ0n) is 9.58. The third-order valence-corrected chi connectivity index (χ3v) is 3.60. The number of benzene rings is 1. The zero-order chi connectivity index (χ0) is 11.5. The van der Waals surface area contributed by atoms with E-state index >= 15 is 0 Å². The molecule has 0 amide bonds. The van der Waals surface area contributed by atoms with Crippen molar-refractivity contribution in [1.82, 2.24) is 0 Å². The second kappa shape index (κ2) is 5.17. The summed E-state index contributed by atoms with van der Waals surface area (Å²) >= 11 is 5.95. The molecule has 0 saturated carbocycles. The third-order valence-electron chi connectivity index (χ3n) is 3.36.